The molecule has 4 rings (SSSR count). The van der Waals surface area contributed by atoms with Gasteiger partial charge in [0.25, 0.3) is 0 Å². The predicted octanol–water partition coefficient (Wildman–Crippen LogP) is 2.46. The highest BCUT2D eigenvalue weighted by molar-refractivity contribution is 5.69. The van der Waals surface area contributed by atoms with Crippen LogP contribution < -0.4 is 0 Å². The third-order valence-electron chi connectivity index (χ3n) is 7.13. The summed E-state index contributed by atoms with van der Waals surface area (Å²) < 4.78 is 47.9. The molecule has 0 aromatic heterocycles. The number of hydrogen-bond donors (Lipinski definition) is 0. The number of esters is 2. The van der Waals surface area contributed by atoms with Crippen molar-refractivity contribution in [3.05, 3.63) is 0 Å². The quantitative estimate of drug-likeness (QED) is 0.513. The molecule has 0 saturated carbocycles. The summed E-state index contributed by atoms with van der Waals surface area (Å²) in [5.41, 5.74) is 0. The van der Waals surface area contributed by atoms with E-state index in [1.54, 1.807) is 0 Å². The second-order valence-corrected chi connectivity index (χ2v) is 10.3. The number of rotatable bonds is 1. The Kier molecular flexibility index (Phi) is 7.57. The minimum Gasteiger partial charge on any atom is -0.466 e. The van der Waals surface area contributed by atoms with Gasteiger partial charge in [0.1, 0.15) is 24.4 Å². The largest absolute Gasteiger partial charge is 0.466 e. The van der Waals surface area contributed by atoms with Crippen LogP contribution >= 0.6 is 0 Å². The molecule has 10 heteroatoms. The van der Waals surface area contributed by atoms with Crippen molar-refractivity contribution in [3.8, 4) is 0 Å². The zero-order valence-electron chi connectivity index (χ0n) is 20.8. The number of fused-ring (bicyclic) bond motifs is 7. The first kappa shape index (κ1) is 25.8. The molecule has 0 aliphatic carbocycles. The lowest BCUT2D eigenvalue weighted by molar-refractivity contribution is -0.212. The van der Waals surface area contributed by atoms with Gasteiger partial charge in [-0.05, 0) is 20.8 Å². The van der Waals surface area contributed by atoms with Crippen LogP contribution in [0.4, 0.5) is 0 Å². The summed E-state index contributed by atoms with van der Waals surface area (Å²) in [7, 11) is 0. The Bertz CT molecular complexity index is 702. The van der Waals surface area contributed by atoms with Crippen molar-refractivity contribution in [1.29, 1.82) is 0 Å². The SMILES string of the molecule is CC(C)C1(C)OC2C3COC(C)(CCC(=O)OCCCOC(=O)CCC4(C)OCC(O4)C2O1)O3. The van der Waals surface area contributed by atoms with Gasteiger partial charge in [0.15, 0.2) is 17.4 Å². The number of carbonyl (C=O) groups excluding carboxylic acids is 2. The summed E-state index contributed by atoms with van der Waals surface area (Å²) in [5.74, 6) is -3.31. The lowest BCUT2D eigenvalue weighted by atomic mass is 10.0. The van der Waals surface area contributed by atoms with Gasteiger partial charge in [0.05, 0.1) is 39.3 Å². The van der Waals surface area contributed by atoms with Crippen LogP contribution in [-0.2, 0) is 47.5 Å². The molecule has 0 aromatic rings. The van der Waals surface area contributed by atoms with Crippen molar-refractivity contribution in [1.82, 2.24) is 0 Å². The van der Waals surface area contributed by atoms with Crippen LogP contribution in [0.15, 0.2) is 0 Å². The van der Waals surface area contributed by atoms with Gasteiger partial charge in [-0.2, -0.15) is 0 Å². The van der Waals surface area contributed by atoms with E-state index in [1.807, 2.05) is 34.6 Å². The van der Waals surface area contributed by atoms with Gasteiger partial charge < -0.3 is 37.9 Å². The van der Waals surface area contributed by atoms with E-state index in [0.29, 0.717) is 32.5 Å². The number of ether oxygens (including phenoxy) is 8. The maximum absolute atomic E-state index is 12.2. The Morgan fingerprint density at radius 1 is 0.735 bits per heavy atom. The monoisotopic (exact) mass is 486 g/mol. The number of carbonyl (C=O) groups is 2. The Morgan fingerprint density at radius 2 is 1.18 bits per heavy atom. The number of cyclic esters (lactones) is 2. The Balaban J connectivity index is 1.53. The zero-order valence-corrected chi connectivity index (χ0v) is 20.8. The second kappa shape index (κ2) is 9.99. The Hall–Kier alpha value is -1.30. The lowest BCUT2D eigenvalue weighted by Crippen LogP contribution is -2.45. The molecule has 4 bridgehead atoms. The van der Waals surface area contributed by atoms with Crippen molar-refractivity contribution < 1.29 is 47.5 Å². The van der Waals surface area contributed by atoms with E-state index in [2.05, 4.69) is 0 Å². The first-order valence-electron chi connectivity index (χ1n) is 12.3. The summed E-state index contributed by atoms with van der Waals surface area (Å²) >= 11 is 0. The van der Waals surface area contributed by atoms with Gasteiger partial charge in [-0.25, -0.2) is 0 Å². The molecule has 194 valence electrons. The molecule has 6 atom stereocenters. The third kappa shape index (κ3) is 5.74. The van der Waals surface area contributed by atoms with E-state index in [4.69, 9.17) is 37.9 Å². The topological polar surface area (TPSA) is 108 Å². The molecule has 0 radical (unpaired) electrons. The van der Waals surface area contributed by atoms with Gasteiger partial charge in [0.2, 0.25) is 0 Å². The van der Waals surface area contributed by atoms with Crippen molar-refractivity contribution in [2.75, 3.05) is 26.4 Å². The maximum Gasteiger partial charge on any atom is 0.305 e. The molecule has 4 heterocycles. The number of hydrogen-bond acceptors (Lipinski definition) is 10. The Morgan fingerprint density at radius 3 is 1.59 bits per heavy atom. The van der Waals surface area contributed by atoms with Gasteiger partial charge >= 0.3 is 11.9 Å². The predicted molar refractivity (Wildman–Crippen MR) is 116 cm³/mol. The van der Waals surface area contributed by atoms with Crippen LogP contribution in [-0.4, -0.2) is 80.1 Å². The normalized spacial score (nSPS) is 44.6. The zero-order chi connectivity index (χ0) is 24.6. The second-order valence-electron chi connectivity index (χ2n) is 10.3. The van der Waals surface area contributed by atoms with Crippen LogP contribution in [0.5, 0.6) is 0 Å². The smallest absolute Gasteiger partial charge is 0.305 e. The van der Waals surface area contributed by atoms with Crippen LogP contribution in [0.1, 0.15) is 66.7 Å². The molecule has 10 nitrogen and oxygen atoms in total. The van der Waals surface area contributed by atoms with E-state index in [-0.39, 0.29) is 43.9 Å². The molecule has 0 spiro atoms. The molecular weight excluding hydrogens is 448 g/mol. The van der Waals surface area contributed by atoms with Crippen molar-refractivity contribution >= 4 is 11.9 Å². The Labute approximate surface area is 200 Å². The highest BCUT2D eigenvalue weighted by Crippen LogP contribution is 2.44. The fraction of sp³-hybridized carbons (Fsp3) is 0.917. The summed E-state index contributed by atoms with van der Waals surface area (Å²) in [6.45, 7) is 10.6. The lowest BCUT2D eigenvalue weighted by Gasteiger charge is -2.28. The average molecular weight is 487 g/mol. The summed E-state index contributed by atoms with van der Waals surface area (Å²) in [6.07, 6.45) is -0.294. The van der Waals surface area contributed by atoms with Gasteiger partial charge in [0, 0.05) is 25.2 Å². The minimum atomic E-state index is -0.936. The van der Waals surface area contributed by atoms with E-state index >= 15 is 0 Å². The van der Waals surface area contributed by atoms with E-state index in [9.17, 15) is 9.59 Å². The molecule has 0 N–H and O–H groups in total. The minimum absolute atomic E-state index is 0.0810. The first-order valence-corrected chi connectivity index (χ1v) is 12.3. The molecule has 4 aliphatic heterocycles. The van der Waals surface area contributed by atoms with Crippen molar-refractivity contribution in [2.45, 2.75) is 108 Å². The average Bonchev–Trinajstić information content (AvgIpc) is 3.46. The van der Waals surface area contributed by atoms with Crippen LogP contribution in [0.2, 0.25) is 0 Å². The first-order chi connectivity index (χ1) is 16.0. The van der Waals surface area contributed by atoms with Crippen LogP contribution in [0.25, 0.3) is 0 Å². The molecule has 4 fully saturated rings. The standard InChI is InChI=1S/C24H38O10/c1-15(2)24(5)33-20-16-13-29-22(3,31-16)9-7-18(25)27-11-6-12-28-19(26)8-10-23(4)30-14-17(32-23)21(20)34-24/h15-17,20-21H,6-14H2,1-5H3. The highest BCUT2D eigenvalue weighted by atomic mass is 16.8. The summed E-state index contributed by atoms with van der Waals surface area (Å²) in [4.78, 5) is 24.3. The third-order valence-corrected chi connectivity index (χ3v) is 7.13. The molecule has 6 unspecified atom stereocenters. The maximum atomic E-state index is 12.2. The van der Waals surface area contributed by atoms with Crippen LogP contribution in [0.3, 0.4) is 0 Å². The highest BCUT2D eigenvalue weighted by Gasteiger charge is 2.57. The van der Waals surface area contributed by atoms with Crippen molar-refractivity contribution in [3.63, 3.8) is 0 Å². The fourth-order valence-electron chi connectivity index (χ4n) is 4.66. The molecule has 0 amide bonds. The van der Waals surface area contributed by atoms with Gasteiger partial charge in [-0.3, -0.25) is 9.59 Å². The van der Waals surface area contributed by atoms with Crippen molar-refractivity contribution in [2.24, 2.45) is 5.92 Å². The molecule has 4 aliphatic rings. The van der Waals surface area contributed by atoms with E-state index in [0.717, 1.165) is 0 Å². The molecule has 0 aromatic carbocycles. The molecule has 4 saturated heterocycles. The van der Waals surface area contributed by atoms with Gasteiger partial charge in [-0.1, -0.05) is 13.8 Å². The van der Waals surface area contributed by atoms with E-state index < -0.39 is 41.8 Å². The summed E-state index contributed by atoms with van der Waals surface area (Å²) in [5, 5.41) is 0. The fourth-order valence-corrected chi connectivity index (χ4v) is 4.66. The van der Waals surface area contributed by atoms with Gasteiger partial charge in [-0.15, -0.1) is 0 Å². The molecular formula is C24H38O10. The summed E-state index contributed by atoms with van der Waals surface area (Å²) in [6, 6.07) is 0. The van der Waals surface area contributed by atoms with E-state index in [1.165, 1.54) is 0 Å². The van der Waals surface area contributed by atoms with Crippen LogP contribution in [0, 0.1) is 5.92 Å². The molecule has 34 heavy (non-hydrogen) atoms.